The number of fused-ring (bicyclic) bond motifs is 1. The lowest BCUT2D eigenvalue weighted by atomic mass is 9.80. The van der Waals surface area contributed by atoms with Gasteiger partial charge in [-0.05, 0) is 37.8 Å². The molecule has 3 heteroatoms. The quantitative estimate of drug-likeness (QED) is 0.905. The topological polar surface area (TPSA) is 26.2 Å². The molecule has 20 heavy (non-hydrogen) atoms. The minimum Gasteiger partial charge on any atom is -0.377 e. The van der Waals surface area contributed by atoms with Crippen molar-refractivity contribution < 1.29 is 4.74 Å². The van der Waals surface area contributed by atoms with Crippen LogP contribution in [0.3, 0.4) is 0 Å². The molecule has 0 amide bonds. The molecule has 1 aliphatic carbocycles. The van der Waals surface area contributed by atoms with E-state index in [-0.39, 0.29) is 5.60 Å². The fourth-order valence-electron chi connectivity index (χ4n) is 3.32. The molecule has 0 bridgehead atoms. The van der Waals surface area contributed by atoms with E-state index in [1.807, 2.05) is 7.11 Å². The molecule has 1 aliphatic rings. The Kier molecular flexibility index (Phi) is 3.57. The Bertz CT molecular complexity index is 566. The molecule has 108 valence electrons. The molecule has 1 N–H and O–H groups in total. The van der Waals surface area contributed by atoms with Crippen molar-refractivity contribution in [2.24, 2.45) is 7.05 Å². The first-order valence-corrected chi connectivity index (χ1v) is 7.46. The lowest BCUT2D eigenvalue weighted by molar-refractivity contribution is -0.0696. The largest absolute Gasteiger partial charge is 0.377 e. The standard InChI is InChI=1S/C17H24N2O/c1-13-14-7-4-5-8-15(14)19(2)16(13)11-18-12-17(20-3)9-6-10-17/h4-5,7-8,18H,6,9-12H2,1-3H3. The highest BCUT2D eigenvalue weighted by Gasteiger charge is 2.36. The van der Waals surface area contributed by atoms with Gasteiger partial charge in [-0.1, -0.05) is 18.2 Å². The van der Waals surface area contributed by atoms with Crippen LogP contribution < -0.4 is 5.32 Å². The first kappa shape index (κ1) is 13.7. The van der Waals surface area contributed by atoms with E-state index in [2.05, 4.69) is 48.1 Å². The van der Waals surface area contributed by atoms with Crippen LogP contribution in [0.1, 0.15) is 30.5 Å². The van der Waals surface area contributed by atoms with Crippen molar-refractivity contribution in [3.05, 3.63) is 35.5 Å². The number of methoxy groups -OCH3 is 1. The number of nitrogens with one attached hydrogen (secondary N) is 1. The average Bonchev–Trinajstić information content (AvgIpc) is 2.67. The van der Waals surface area contributed by atoms with Crippen LogP contribution in [0.25, 0.3) is 10.9 Å². The summed E-state index contributed by atoms with van der Waals surface area (Å²) in [6.07, 6.45) is 3.66. The molecule has 0 atom stereocenters. The van der Waals surface area contributed by atoms with Crippen molar-refractivity contribution in [3.63, 3.8) is 0 Å². The lowest BCUT2D eigenvalue weighted by Crippen LogP contribution is -2.47. The van der Waals surface area contributed by atoms with E-state index >= 15 is 0 Å². The Morgan fingerprint density at radius 2 is 2.05 bits per heavy atom. The van der Waals surface area contributed by atoms with Crippen LogP contribution in [-0.2, 0) is 18.3 Å². The molecule has 0 radical (unpaired) electrons. The first-order valence-electron chi connectivity index (χ1n) is 7.46. The number of nitrogens with zero attached hydrogens (tertiary/aromatic N) is 1. The molecule has 3 rings (SSSR count). The van der Waals surface area contributed by atoms with E-state index in [1.165, 1.54) is 41.4 Å². The van der Waals surface area contributed by atoms with Crippen molar-refractivity contribution in [1.82, 2.24) is 9.88 Å². The van der Waals surface area contributed by atoms with E-state index in [0.717, 1.165) is 13.1 Å². The summed E-state index contributed by atoms with van der Waals surface area (Å²) in [7, 11) is 3.99. The number of para-hydroxylation sites is 1. The van der Waals surface area contributed by atoms with Gasteiger partial charge in [-0.25, -0.2) is 0 Å². The van der Waals surface area contributed by atoms with E-state index in [1.54, 1.807) is 0 Å². The van der Waals surface area contributed by atoms with E-state index in [4.69, 9.17) is 4.74 Å². The minimum atomic E-state index is 0.0957. The Hall–Kier alpha value is -1.32. The summed E-state index contributed by atoms with van der Waals surface area (Å²) in [5.41, 5.74) is 4.16. The predicted octanol–water partition coefficient (Wildman–Crippen LogP) is 3.15. The molecule has 0 spiro atoms. The number of hydrogen-bond donors (Lipinski definition) is 1. The maximum absolute atomic E-state index is 5.66. The summed E-state index contributed by atoms with van der Waals surface area (Å²) in [6, 6.07) is 8.61. The van der Waals surface area contributed by atoms with Gasteiger partial charge in [0.15, 0.2) is 0 Å². The predicted molar refractivity (Wildman–Crippen MR) is 83.0 cm³/mol. The van der Waals surface area contributed by atoms with Gasteiger partial charge in [0.1, 0.15) is 0 Å². The number of benzene rings is 1. The molecule has 0 saturated heterocycles. The maximum atomic E-state index is 5.66. The van der Waals surface area contributed by atoms with Crippen LogP contribution in [0, 0.1) is 6.92 Å². The van der Waals surface area contributed by atoms with Crippen LogP contribution in [-0.4, -0.2) is 23.8 Å². The second-order valence-electron chi connectivity index (χ2n) is 5.99. The zero-order valence-corrected chi connectivity index (χ0v) is 12.7. The van der Waals surface area contributed by atoms with Gasteiger partial charge in [0.2, 0.25) is 0 Å². The Morgan fingerprint density at radius 3 is 2.65 bits per heavy atom. The molecule has 1 saturated carbocycles. The van der Waals surface area contributed by atoms with Gasteiger partial charge < -0.3 is 14.6 Å². The molecule has 1 heterocycles. The van der Waals surface area contributed by atoms with Gasteiger partial charge in [0.05, 0.1) is 5.60 Å². The fraction of sp³-hybridized carbons (Fsp3) is 0.529. The van der Waals surface area contributed by atoms with E-state index in [0.29, 0.717) is 0 Å². The van der Waals surface area contributed by atoms with Crippen molar-refractivity contribution in [2.45, 2.75) is 38.3 Å². The molecule has 0 aliphatic heterocycles. The van der Waals surface area contributed by atoms with Crippen molar-refractivity contribution in [3.8, 4) is 0 Å². The molecule has 3 nitrogen and oxygen atoms in total. The summed E-state index contributed by atoms with van der Waals surface area (Å²) < 4.78 is 7.97. The van der Waals surface area contributed by atoms with Gasteiger partial charge in [-0.15, -0.1) is 0 Å². The third-order valence-corrected chi connectivity index (χ3v) is 4.94. The van der Waals surface area contributed by atoms with Gasteiger partial charge in [0, 0.05) is 43.8 Å². The zero-order chi connectivity index (χ0) is 14.2. The lowest BCUT2D eigenvalue weighted by Gasteiger charge is -2.40. The van der Waals surface area contributed by atoms with Crippen molar-refractivity contribution in [1.29, 1.82) is 0 Å². The number of aryl methyl sites for hydroxylation is 2. The maximum Gasteiger partial charge on any atom is 0.0802 e. The Labute approximate surface area is 120 Å². The molecule has 1 aromatic heterocycles. The SMILES string of the molecule is COC1(CNCc2c(C)c3ccccc3n2C)CCC1. The van der Waals surface area contributed by atoms with Gasteiger partial charge in [-0.2, -0.15) is 0 Å². The number of hydrogen-bond acceptors (Lipinski definition) is 2. The highest BCUT2D eigenvalue weighted by Crippen LogP contribution is 2.34. The summed E-state index contributed by atoms with van der Waals surface area (Å²) in [4.78, 5) is 0. The Balaban J connectivity index is 1.74. The van der Waals surface area contributed by atoms with Crippen LogP contribution in [0.2, 0.25) is 0 Å². The number of ether oxygens (including phenoxy) is 1. The zero-order valence-electron chi connectivity index (χ0n) is 12.7. The second-order valence-corrected chi connectivity index (χ2v) is 5.99. The monoisotopic (exact) mass is 272 g/mol. The smallest absolute Gasteiger partial charge is 0.0802 e. The molecular formula is C17H24N2O. The summed E-state index contributed by atoms with van der Waals surface area (Å²) in [5, 5.41) is 4.95. The van der Waals surface area contributed by atoms with Crippen molar-refractivity contribution >= 4 is 10.9 Å². The normalized spacial score (nSPS) is 17.4. The minimum absolute atomic E-state index is 0.0957. The van der Waals surface area contributed by atoms with Gasteiger partial charge in [0.25, 0.3) is 0 Å². The molecular weight excluding hydrogens is 248 g/mol. The van der Waals surface area contributed by atoms with Gasteiger partial charge >= 0.3 is 0 Å². The molecule has 1 aromatic carbocycles. The van der Waals surface area contributed by atoms with Gasteiger partial charge in [-0.3, -0.25) is 0 Å². The van der Waals surface area contributed by atoms with E-state index in [9.17, 15) is 0 Å². The Morgan fingerprint density at radius 1 is 1.30 bits per heavy atom. The summed E-state index contributed by atoms with van der Waals surface area (Å²) in [5.74, 6) is 0. The van der Waals surface area contributed by atoms with Crippen LogP contribution >= 0.6 is 0 Å². The third-order valence-electron chi connectivity index (χ3n) is 4.94. The highest BCUT2D eigenvalue weighted by molar-refractivity contribution is 5.85. The van der Waals surface area contributed by atoms with Crippen LogP contribution in [0.15, 0.2) is 24.3 Å². The first-order chi connectivity index (χ1) is 9.67. The second kappa shape index (κ2) is 5.23. The molecule has 2 aromatic rings. The van der Waals surface area contributed by atoms with Crippen LogP contribution in [0.5, 0.6) is 0 Å². The summed E-state index contributed by atoms with van der Waals surface area (Å²) >= 11 is 0. The number of aromatic nitrogens is 1. The van der Waals surface area contributed by atoms with Crippen LogP contribution in [0.4, 0.5) is 0 Å². The average molecular weight is 272 g/mol. The van der Waals surface area contributed by atoms with Crippen molar-refractivity contribution in [2.75, 3.05) is 13.7 Å². The third kappa shape index (κ3) is 2.15. The fourth-order valence-corrected chi connectivity index (χ4v) is 3.32. The van der Waals surface area contributed by atoms with E-state index < -0.39 is 0 Å². The summed E-state index contributed by atoms with van der Waals surface area (Å²) in [6.45, 7) is 4.07. The highest BCUT2D eigenvalue weighted by atomic mass is 16.5. The number of rotatable bonds is 5. The molecule has 1 fully saturated rings. The molecule has 0 unspecified atom stereocenters.